The van der Waals surface area contributed by atoms with Crippen molar-refractivity contribution in [1.82, 2.24) is 14.4 Å². The first kappa shape index (κ1) is 17.4. The van der Waals surface area contributed by atoms with Crippen molar-refractivity contribution < 1.29 is 17.7 Å². The number of sulfonamides is 1. The summed E-state index contributed by atoms with van der Waals surface area (Å²) in [4.78, 5) is 14.0. The van der Waals surface area contributed by atoms with Gasteiger partial charge in [0, 0.05) is 38.5 Å². The number of piperidine rings is 1. The maximum Gasteiger partial charge on any atom is 0.248 e. The first-order valence-electron chi connectivity index (χ1n) is 8.34. The Morgan fingerprint density at radius 2 is 2.08 bits per heavy atom. The Balaban J connectivity index is 1.89. The first-order chi connectivity index (χ1) is 11.2. The zero-order valence-electron chi connectivity index (χ0n) is 14.7. The summed E-state index contributed by atoms with van der Waals surface area (Å²) in [5, 5.41) is 3.76. The molecule has 2 fully saturated rings. The molecule has 2 heterocycles. The van der Waals surface area contributed by atoms with Crippen molar-refractivity contribution >= 4 is 15.9 Å². The van der Waals surface area contributed by atoms with Crippen LogP contribution in [-0.4, -0.2) is 55.4 Å². The third-order valence-electron chi connectivity index (χ3n) is 5.73. The standard InChI is InChI=1S/C16H25N3O4S/c1-11-15(12(2)23-17-11)24(21,22)18(3)10-16-8-5-6-13(16)19(4)14(20)7-9-16/h13H,5-10H2,1-4H3. The molecule has 24 heavy (non-hydrogen) atoms. The van der Waals surface area contributed by atoms with Crippen molar-refractivity contribution in [3.05, 3.63) is 11.5 Å². The summed E-state index contributed by atoms with van der Waals surface area (Å²) in [6.07, 6.45) is 4.17. The molecule has 2 unspecified atom stereocenters. The van der Waals surface area contributed by atoms with Crippen LogP contribution in [0.25, 0.3) is 0 Å². The minimum atomic E-state index is -3.66. The predicted molar refractivity (Wildman–Crippen MR) is 87.9 cm³/mol. The summed E-state index contributed by atoms with van der Waals surface area (Å²) in [6, 6.07) is 0.126. The van der Waals surface area contributed by atoms with Gasteiger partial charge in [0.2, 0.25) is 15.9 Å². The number of fused-ring (bicyclic) bond motifs is 1. The molecular weight excluding hydrogens is 330 g/mol. The van der Waals surface area contributed by atoms with Crippen LogP contribution in [-0.2, 0) is 14.8 Å². The van der Waals surface area contributed by atoms with Crippen molar-refractivity contribution in [3.63, 3.8) is 0 Å². The number of likely N-dealkylation sites (tertiary alicyclic amines) is 1. The third-order valence-corrected chi connectivity index (χ3v) is 7.78. The average molecular weight is 355 g/mol. The van der Waals surface area contributed by atoms with Gasteiger partial charge in [0.25, 0.3) is 0 Å². The van der Waals surface area contributed by atoms with Crippen LogP contribution in [0.2, 0.25) is 0 Å². The maximum atomic E-state index is 13.0. The fraction of sp³-hybridized carbons (Fsp3) is 0.750. The van der Waals surface area contributed by atoms with Crippen LogP contribution >= 0.6 is 0 Å². The van der Waals surface area contributed by atoms with Gasteiger partial charge in [0.1, 0.15) is 10.6 Å². The topological polar surface area (TPSA) is 83.7 Å². The molecule has 1 aromatic heterocycles. The Morgan fingerprint density at radius 3 is 2.71 bits per heavy atom. The molecule has 0 spiro atoms. The highest BCUT2D eigenvalue weighted by molar-refractivity contribution is 7.89. The molecule has 1 saturated carbocycles. The number of hydrogen-bond acceptors (Lipinski definition) is 5. The summed E-state index contributed by atoms with van der Waals surface area (Å²) in [6.45, 7) is 3.67. The van der Waals surface area contributed by atoms with Gasteiger partial charge >= 0.3 is 0 Å². The van der Waals surface area contributed by atoms with E-state index in [1.54, 1.807) is 20.9 Å². The summed E-state index contributed by atoms with van der Waals surface area (Å²) in [5.41, 5.74) is 0.236. The fourth-order valence-corrected chi connectivity index (χ4v) is 6.06. The highest BCUT2D eigenvalue weighted by Crippen LogP contribution is 2.48. The number of amides is 1. The monoisotopic (exact) mass is 355 g/mol. The van der Waals surface area contributed by atoms with Crippen LogP contribution in [0, 0.1) is 19.3 Å². The third kappa shape index (κ3) is 2.56. The van der Waals surface area contributed by atoms with Crippen molar-refractivity contribution in [1.29, 1.82) is 0 Å². The second-order valence-corrected chi connectivity index (χ2v) is 9.17. The smallest absolute Gasteiger partial charge is 0.248 e. The molecule has 2 atom stereocenters. The van der Waals surface area contributed by atoms with Crippen LogP contribution in [0.4, 0.5) is 0 Å². The molecule has 134 valence electrons. The summed E-state index contributed by atoms with van der Waals surface area (Å²) < 4.78 is 32.4. The molecule has 2 aliphatic rings. The molecule has 1 aliphatic carbocycles. The minimum Gasteiger partial charge on any atom is -0.360 e. The highest BCUT2D eigenvalue weighted by atomic mass is 32.2. The van der Waals surface area contributed by atoms with Crippen molar-refractivity contribution in [2.45, 2.75) is 56.9 Å². The number of aromatic nitrogens is 1. The largest absolute Gasteiger partial charge is 0.360 e. The number of carbonyl (C=O) groups excluding carboxylic acids is 1. The van der Waals surface area contributed by atoms with Crippen LogP contribution in [0.5, 0.6) is 0 Å². The van der Waals surface area contributed by atoms with E-state index in [1.807, 2.05) is 11.9 Å². The van der Waals surface area contributed by atoms with E-state index in [0.717, 1.165) is 25.7 Å². The lowest BCUT2D eigenvalue weighted by Gasteiger charge is -2.46. The van der Waals surface area contributed by atoms with Gasteiger partial charge in [-0.15, -0.1) is 0 Å². The van der Waals surface area contributed by atoms with Crippen LogP contribution in [0.3, 0.4) is 0 Å². The quantitative estimate of drug-likeness (QED) is 0.821. The van der Waals surface area contributed by atoms with E-state index in [-0.39, 0.29) is 22.3 Å². The second kappa shape index (κ2) is 5.84. The minimum absolute atomic E-state index is 0.126. The zero-order chi connectivity index (χ0) is 17.7. The van der Waals surface area contributed by atoms with Gasteiger partial charge in [-0.05, 0) is 33.1 Å². The molecule has 8 heteroatoms. The summed E-state index contributed by atoms with van der Waals surface area (Å²) in [7, 11) is -0.202. The lowest BCUT2D eigenvalue weighted by atomic mass is 9.75. The van der Waals surface area contributed by atoms with E-state index in [4.69, 9.17) is 4.52 Å². The molecular formula is C16H25N3O4S. The second-order valence-electron chi connectivity index (χ2n) is 7.19. The fourth-order valence-electron chi connectivity index (χ4n) is 4.51. The van der Waals surface area contributed by atoms with Crippen LogP contribution < -0.4 is 0 Å². The Morgan fingerprint density at radius 1 is 1.38 bits per heavy atom. The van der Waals surface area contributed by atoms with Crippen LogP contribution in [0.15, 0.2) is 9.42 Å². The lowest BCUT2D eigenvalue weighted by Crippen LogP contribution is -2.54. The van der Waals surface area contributed by atoms with Crippen molar-refractivity contribution in [3.8, 4) is 0 Å². The van der Waals surface area contributed by atoms with Gasteiger partial charge in [-0.25, -0.2) is 12.7 Å². The normalized spacial score (nSPS) is 27.8. The molecule has 1 aliphatic heterocycles. The number of nitrogens with zero attached hydrogens (tertiary/aromatic N) is 3. The number of hydrogen-bond donors (Lipinski definition) is 0. The molecule has 7 nitrogen and oxygen atoms in total. The molecule has 1 amide bonds. The van der Waals surface area contributed by atoms with E-state index in [2.05, 4.69) is 5.16 Å². The highest BCUT2D eigenvalue weighted by Gasteiger charge is 2.50. The van der Waals surface area contributed by atoms with E-state index >= 15 is 0 Å². The zero-order valence-corrected chi connectivity index (χ0v) is 15.5. The van der Waals surface area contributed by atoms with Gasteiger partial charge in [0.15, 0.2) is 5.76 Å². The SMILES string of the molecule is Cc1noc(C)c1S(=O)(=O)N(C)CC12CCCC1N(C)C(=O)CC2. The molecule has 1 aromatic rings. The van der Waals surface area contributed by atoms with Gasteiger partial charge in [-0.3, -0.25) is 4.79 Å². The van der Waals surface area contributed by atoms with Gasteiger partial charge < -0.3 is 9.42 Å². The van der Waals surface area contributed by atoms with Crippen LogP contribution in [0.1, 0.15) is 43.6 Å². The summed E-state index contributed by atoms with van der Waals surface area (Å²) in [5.74, 6) is 0.476. The van der Waals surface area contributed by atoms with E-state index < -0.39 is 10.0 Å². The lowest BCUT2D eigenvalue weighted by molar-refractivity contribution is -0.139. The first-order valence-corrected chi connectivity index (χ1v) is 9.78. The predicted octanol–water partition coefficient (Wildman–Crippen LogP) is 1.70. The molecule has 1 saturated heterocycles. The van der Waals surface area contributed by atoms with Gasteiger partial charge in [-0.1, -0.05) is 11.6 Å². The van der Waals surface area contributed by atoms with E-state index in [0.29, 0.717) is 24.4 Å². The molecule has 3 rings (SSSR count). The van der Waals surface area contributed by atoms with Crippen molar-refractivity contribution in [2.75, 3.05) is 20.6 Å². The Hall–Kier alpha value is -1.41. The van der Waals surface area contributed by atoms with E-state index in [9.17, 15) is 13.2 Å². The Labute approximate surface area is 143 Å². The molecule has 0 radical (unpaired) electrons. The number of rotatable bonds is 4. The maximum absolute atomic E-state index is 13.0. The number of aryl methyl sites for hydroxylation is 2. The van der Waals surface area contributed by atoms with E-state index in [1.165, 1.54) is 4.31 Å². The molecule has 0 bridgehead atoms. The molecule has 0 N–H and O–H groups in total. The van der Waals surface area contributed by atoms with Gasteiger partial charge in [0.05, 0.1) is 0 Å². The average Bonchev–Trinajstić information content (AvgIpc) is 3.08. The van der Waals surface area contributed by atoms with Crippen molar-refractivity contribution in [2.24, 2.45) is 5.41 Å². The summed E-state index contributed by atoms with van der Waals surface area (Å²) >= 11 is 0. The Kier molecular flexibility index (Phi) is 4.24. The van der Waals surface area contributed by atoms with Gasteiger partial charge in [-0.2, -0.15) is 0 Å². The Bertz CT molecular complexity index is 738. The molecule has 0 aromatic carbocycles. The number of carbonyl (C=O) groups is 1.